The molecule has 0 aliphatic carbocycles. The summed E-state index contributed by atoms with van der Waals surface area (Å²) in [5, 5.41) is 11.2. The summed E-state index contributed by atoms with van der Waals surface area (Å²) in [7, 11) is 0. The number of benzene rings is 3. The van der Waals surface area contributed by atoms with Gasteiger partial charge in [-0.2, -0.15) is 0 Å². The molecule has 11 nitrogen and oxygen atoms in total. The highest BCUT2D eigenvalue weighted by Crippen LogP contribution is 2.42. The molecular weight excluding hydrogens is 536 g/mol. The van der Waals surface area contributed by atoms with E-state index < -0.39 is 34.8 Å². The largest absolute Gasteiger partial charge is 0.508 e. The van der Waals surface area contributed by atoms with Crippen LogP contribution in [-0.2, 0) is 13.1 Å². The predicted molar refractivity (Wildman–Crippen MR) is 147 cm³/mol. The lowest BCUT2D eigenvalue weighted by atomic mass is 9.90. The van der Waals surface area contributed by atoms with Crippen molar-refractivity contribution in [3.05, 3.63) is 143 Å². The molecule has 1 N–H and O–H groups in total. The van der Waals surface area contributed by atoms with Crippen LogP contribution in [0, 0.1) is 0 Å². The molecule has 0 bridgehead atoms. The molecule has 4 heterocycles. The molecular formula is C28H21ClN6O5. The summed E-state index contributed by atoms with van der Waals surface area (Å²) in [6.45, 7) is -0.0360. The molecule has 2 aliphatic rings. The van der Waals surface area contributed by atoms with Gasteiger partial charge in [0.05, 0.1) is 30.5 Å². The first kappa shape index (κ1) is 24.0. The highest BCUT2D eigenvalue weighted by Gasteiger charge is 2.42. The number of aromatic hydroxyl groups is 1. The number of para-hydroxylation sites is 2. The fourth-order valence-corrected chi connectivity index (χ4v) is 5.96. The third-order valence-corrected chi connectivity index (χ3v) is 7.75. The molecule has 5 aromatic rings. The van der Waals surface area contributed by atoms with Gasteiger partial charge >= 0.3 is 22.8 Å². The topological polar surface area (TPSA) is 118 Å². The molecule has 3 aromatic carbocycles. The number of rotatable bonds is 3. The smallest absolute Gasteiger partial charge is 0.352 e. The van der Waals surface area contributed by atoms with Crippen LogP contribution in [0.1, 0.15) is 17.6 Å². The lowest BCUT2D eigenvalue weighted by Gasteiger charge is -2.37. The van der Waals surface area contributed by atoms with Gasteiger partial charge in [0.2, 0.25) is 0 Å². The average Bonchev–Trinajstić information content (AvgIpc) is 3.38. The summed E-state index contributed by atoms with van der Waals surface area (Å²) in [4.78, 5) is 54.8. The van der Waals surface area contributed by atoms with Gasteiger partial charge < -0.3 is 5.11 Å². The molecule has 40 heavy (non-hydrogen) atoms. The van der Waals surface area contributed by atoms with Gasteiger partial charge in [0, 0.05) is 10.6 Å². The highest BCUT2D eigenvalue weighted by atomic mass is 35.5. The number of phenolic OH excluding ortho intramolecular Hbond substituents is 1. The zero-order valence-corrected chi connectivity index (χ0v) is 21.5. The van der Waals surface area contributed by atoms with E-state index in [1.165, 1.54) is 36.9 Å². The standard InChI is InChI=1S/C28H21ClN6O5/c29-17-11-12-23(36)21(15-17)24-20-13-14-30-25(37)32(18-7-3-1-4-8-18)27(39)34(30)22(20)16-31-26(38)33(28(40)35(24)31)19-9-5-2-6-10-19/h1-13,15,22,24,36H,14,16H2/t22-,24-/m1/s1. The summed E-state index contributed by atoms with van der Waals surface area (Å²) in [5.74, 6) is -0.133. The molecule has 7 rings (SSSR count). The second-order valence-electron chi connectivity index (χ2n) is 9.65. The molecule has 0 amide bonds. The number of halogens is 1. The van der Waals surface area contributed by atoms with Crippen molar-refractivity contribution in [3.63, 3.8) is 0 Å². The Kier molecular flexibility index (Phi) is 5.26. The van der Waals surface area contributed by atoms with Crippen LogP contribution in [0.2, 0.25) is 5.02 Å². The summed E-state index contributed by atoms with van der Waals surface area (Å²) < 4.78 is 7.34. The molecule has 0 saturated heterocycles. The number of nitrogens with zero attached hydrogens (tertiary/aromatic N) is 6. The Morgan fingerprint density at radius 1 is 0.700 bits per heavy atom. The Morgan fingerprint density at radius 2 is 1.27 bits per heavy atom. The second kappa shape index (κ2) is 8.75. The Morgan fingerprint density at radius 3 is 1.90 bits per heavy atom. The third kappa shape index (κ3) is 3.31. The van der Waals surface area contributed by atoms with Crippen molar-refractivity contribution in [1.82, 2.24) is 27.9 Å². The second-order valence-corrected chi connectivity index (χ2v) is 10.1. The predicted octanol–water partition coefficient (Wildman–Crippen LogP) is 2.06. The van der Waals surface area contributed by atoms with Gasteiger partial charge in [-0.3, -0.25) is 0 Å². The SMILES string of the molecule is O=c1n(-c2ccccc2)c(=O)n2n1CC=C1[C@H]2Cn2c(=O)n(-c3ccccc3)c(=O)n2[C@H]1c1cc(Cl)ccc1O. The van der Waals surface area contributed by atoms with Gasteiger partial charge in [0.25, 0.3) is 0 Å². The van der Waals surface area contributed by atoms with E-state index in [9.17, 15) is 24.3 Å². The lowest BCUT2D eigenvalue weighted by Crippen LogP contribution is -2.47. The Balaban J connectivity index is 1.52. The lowest BCUT2D eigenvalue weighted by molar-refractivity contribution is 0.244. The zero-order valence-electron chi connectivity index (χ0n) is 20.8. The van der Waals surface area contributed by atoms with Crippen molar-refractivity contribution in [1.29, 1.82) is 0 Å². The molecule has 200 valence electrons. The molecule has 12 heteroatoms. The first-order valence-corrected chi connectivity index (χ1v) is 12.9. The molecule has 0 saturated carbocycles. The quantitative estimate of drug-likeness (QED) is 0.341. The van der Waals surface area contributed by atoms with E-state index in [0.717, 1.165) is 9.13 Å². The van der Waals surface area contributed by atoms with Crippen LogP contribution >= 0.6 is 11.6 Å². The molecule has 0 unspecified atom stereocenters. The normalized spacial score (nSPS) is 17.6. The summed E-state index contributed by atoms with van der Waals surface area (Å²) >= 11 is 6.31. The van der Waals surface area contributed by atoms with Crippen molar-refractivity contribution >= 4 is 11.6 Å². The van der Waals surface area contributed by atoms with Crippen molar-refractivity contribution < 1.29 is 5.11 Å². The van der Waals surface area contributed by atoms with Crippen molar-refractivity contribution in [2.45, 2.75) is 25.2 Å². The first-order chi connectivity index (χ1) is 19.4. The van der Waals surface area contributed by atoms with Crippen LogP contribution in [-0.4, -0.2) is 33.0 Å². The Hall–Kier alpha value is -5.03. The van der Waals surface area contributed by atoms with Crippen molar-refractivity contribution in [2.24, 2.45) is 0 Å². The number of hydrogen-bond donors (Lipinski definition) is 1. The van der Waals surface area contributed by atoms with Crippen LogP contribution in [0.25, 0.3) is 11.4 Å². The van der Waals surface area contributed by atoms with Crippen LogP contribution in [0.4, 0.5) is 0 Å². The molecule has 2 aliphatic heterocycles. The van der Waals surface area contributed by atoms with Gasteiger partial charge in [-0.1, -0.05) is 54.1 Å². The van der Waals surface area contributed by atoms with Gasteiger partial charge in [-0.05, 0) is 48.0 Å². The number of allylic oxidation sites excluding steroid dienone is 2. The number of phenols is 1. The fourth-order valence-electron chi connectivity index (χ4n) is 5.78. The van der Waals surface area contributed by atoms with E-state index in [-0.39, 0.29) is 24.4 Å². The summed E-state index contributed by atoms with van der Waals surface area (Å²) in [6.07, 6.45) is 1.77. The molecule has 0 radical (unpaired) electrons. The van der Waals surface area contributed by atoms with Crippen LogP contribution in [0.5, 0.6) is 5.75 Å². The summed E-state index contributed by atoms with van der Waals surface area (Å²) in [6, 6.07) is 19.8. The third-order valence-electron chi connectivity index (χ3n) is 7.52. The average molecular weight is 557 g/mol. The maximum Gasteiger partial charge on any atom is 0.352 e. The van der Waals surface area contributed by atoms with Crippen molar-refractivity contribution in [3.8, 4) is 17.1 Å². The number of aromatic nitrogens is 6. The van der Waals surface area contributed by atoms with Crippen LogP contribution < -0.4 is 22.8 Å². The first-order valence-electron chi connectivity index (χ1n) is 12.5. The Bertz CT molecular complexity index is 2080. The minimum atomic E-state index is -0.974. The van der Waals surface area contributed by atoms with Crippen LogP contribution in [0.15, 0.2) is 110 Å². The number of fused-ring (bicyclic) bond motifs is 4. The van der Waals surface area contributed by atoms with Crippen LogP contribution in [0.3, 0.4) is 0 Å². The van der Waals surface area contributed by atoms with Gasteiger partial charge in [-0.25, -0.2) is 47.0 Å². The highest BCUT2D eigenvalue weighted by molar-refractivity contribution is 6.30. The summed E-state index contributed by atoms with van der Waals surface area (Å²) in [5.41, 5.74) is -0.667. The van der Waals surface area contributed by atoms with E-state index >= 15 is 0 Å². The molecule has 2 aromatic heterocycles. The van der Waals surface area contributed by atoms with Crippen molar-refractivity contribution in [2.75, 3.05) is 0 Å². The van der Waals surface area contributed by atoms with E-state index in [1.54, 1.807) is 66.7 Å². The van der Waals surface area contributed by atoms with E-state index in [1.807, 2.05) is 0 Å². The monoisotopic (exact) mass is 556 g/mol. The maximum atomic E-state index is 13.9. The van der Waals surface area contributed by atoms with Gasteiger partial charge in [0.1, 0.15) is 11.8 Å². The minimum Gasteiger partial charge on any atom is -0.508 e. The molecule has 2 atom stereocenters. The molecule has 0 fully saturated rings. The Labute approximate surface area is 229 Å². The number of hydrogen-bond acceptors (Lipinski definition) is 5. The fraction of sp³-hybridized carbons (Fsp3) is 0.143. The minimum absolute atomic E-state index is 0.0515. The van der Waals surface area contributed by atoms with E-state index in [0.29, 0.717) is 22.0 Å². The van der Waals surface area contributed by atoms with E-state index in [4.69, 9.17) is 11.6 Å². The van der Waals surface area contributed by atoms with Gasteiger partial charge in [0.15, 0.2) is 0 Å². The maximum absolute atomic E-state index is 13.9. The zero-order chi connectivity index (χ0) is 27.7. The van der Waals surface area contributed by atoms with E-state index in [2.05, 4.69) is 0 Å². The van der Waals surface area contributed by atoms with Gasteiger partial charge in [-0.15, -0.1) is 0 Å². The molecule has 0 spiro atoms.